The van der Waals surface area contributed by atoms with Gasteiger partial charge in [0.1, 0.15) is 0 Å². The number of carboxylic acids is 3. The first-order valence-electron chi connectivity index (χ1n) is 13.2. The van der Waals surface area contributed by atoms with E-state index in [1.807, 2.05) is 12.4 Å². The van der Waals surface area contributed by atoms with Crippen molar-refractivity contribution >= 4 is 17.9 Å². The number of ether oxygens (including phenoxy) is 2. The minimum absolute atomic E-state index is 0.394. The summed E-state index contributed by atoms with van der Waals surface area (Å²) in [5.41, 5.74) is 1.35. The fourth-order valence-electron chi connectivity index (χ4n) is 4.41. The van der Waals surface area contributed by atoms with E-state index in [2.05, 4.69) is 26.9 Å². The van der Waals surface area contributed by atoms with Crippen LogP contribution in [0.5, 0.6) is 0 Å². The predicted molar refractivity (Wildman–Crippen MR) is 134 cm³/mol. The molecule has 3 saturated heterocycles. The number of rotatable bonds is 3. The van der Waals surface area contributed by atoms with E-state index in [0.29, 0.717) is 18.1 Å². The average molecular weight is 674 g/mol. The summed E-state index contributed by atoms with van der Waals surface area (Å²) in [6.45, 7) is 8.27. The molecule has 11 nitrogen and oxygen atoms in total. The first-order chi connectivity index (χ1) is 20.7. The molecule has 0 bridgehead atoms. The molecular weight excluding hydrogens is 641 g/mol. The Hall–Kier alpha value is -3.23. The molecule has 0 amide bonds. The Morgan fingerprint density at radius 2 is 1.22 bits per heavy atom. The summed E-state index contributed by atoms with van der Waals surface area (Å²) in [5, 5.41) is 21.4. The molecule has 1 aromatic rings. The van der Waals surface area contributed by atoms with Crippen LogP contribution in [0.25, 0.3) is 0 Å². The van der Waals surface area contributed by atoms with Crippen LogP contribution >= 0.6 is 0 Å². The first kappa shape index (κ1) is 39.8. The van der Waals surface area contributed by atoms with E-state index >= 15 is 0 Å². The number of alkyl halides is 9. The van der Waals surface area contributed by atoms with Crippen LogP contribution in [0.4, 0.5) is 39.5 Å². The summed E-state index contributed by atoms with van der Waals surface area (Å²) in [6.07, 6.45) is -7.47. The minimum atomic E-state index is -5.08. The second-order valence-electron chi connectivity index (χ2n) is 9.80. The second kappa shape index (κ2) is 18.1. The maximum atomic E-state index is 10.6. The zero-order chi connectivity index (χ0) is 34.4. The van der Waals surface area contributed by atoms with Crippen LogP contribution in [0, 0.1) is 5.92 Å². The second-order valence-corrected chi connectivity index (χ2v) is 9.80. The van der Waals surface area contributed by atoms with Gasteiger partial charge in [-0.25, -0.2) is 14.4 Å². The highest BCUT2D eigenvalue weighted by Crippen LogP contribution is 2.27. The third-order valence-electron chi connectivity index (χ3n) is 6.55. The van der Waals surface area contributed by atoms with Gasteiger partial charge in [-0.05, 0) is 43.5 Å². The van der Waals surface area contributed by atoms with Crippen LogP contribution in [-0.4, -0.2) is 125 Å². The van der Waals surface area contributed by atoms with Crippen molar-refractivity contribution in [3.8, 4) is 0 Å². The van der Waals surface area contributed by atoms with Crippen molar-refractivity contribution in [2.75, 3.05) is 46.0 Å². The maximum absolute atomic E-state index is 10.6. The zero-order valence-corrected chi connectivity index (χ0v) is 23.4. The molecule has 3 N–H and O–H groups in total. The molecular formula is C25H32F9N3O8. The number of piperidine rings is 1. The molecule has 258 valence electrons. The van der Waals surface area contributed by atoms with Crippen molar-refractivity contribution < 1.29 is 78.7 Å². The lowest BCUT2D eigenvalue weighted by atomic mass is 9.92. The van der Waals surface area contributed by atoms with E-state index in [0.717, 1.165) is 39.5 Å². The van der Waals surface area contributed by atoms with Crippen molar-refractivity contribution in [2.45, 2.75) is 56.5 Å². The highest BCUT2D eigenvalue weighted by molar-refractivity contribution is 5.73. The number of carboxylic acid groups (broad SMARTS) is 3. The Labute approximate surface area is 250 Å². The number of carbonyl (C=O) groups is 3. The molecule has 0 aliphatic carbocycles. The van der Waals surface area contributed by atoms with Crippen LogP contribution in [0.1, 0.15) is 24.8 Å². The summed E-state index contributed by atoms with van der Waals surface area (Å²) in [6, 6.07) is 4.94. The van der Waals surface area contributed by atoms with Gasteiger partial charge in [0.25, 0.3) is 0 Å². The number of hydrogen-bond donors (Lipinski definition) is 3. The smallest absolute Gasteiger partial charge is 0.475 e. The maximum Gasteiger partial charge on any atom is 0.490 e. The van der Waals surface area contributed by atoms with Gasteiger partial charge < -0.3 is 24.8 Å². The number of pyridine rings is 1. The van der Waals surface area contributed by atoms with Crippen LogP contribution in [-0.2, 0) is 30.4 Å². The highest BCUT2D eigenvalue weighted by atomic mass is 19.4. The number of halogens is 9. The largest absolute Gasteiger partial charge is 0.490 e. The van der Waals surface area contributed by atoms with E-state index in [4.69, 9.17) is 39.2 Å². The van der Waals surface area contributed by atoms with Crippen molar-refractivity contribution in [3.05, 3.63) is 30.1 Å². The minimum Gasteiger partial charge on any atom is -0.475 e. The van der Waals surface area contributed by atoms with E-state index in [-0.39, 0.29) is 0 Å². The molecule has 0 saturated carbocycles. The van der Waals surface area contributed by atoms with Crippen molar-refractivity contribution in [1.82, 2.24) is 14.8 Å². The third kappa shape index (κ3) is 16.1. The monoisotopic (exact) mass is 673 g/mol. The lowest BCUT2D eigenvalue weighted by molar-refractivity contribution is -0.193. The SMILES string of the molecule is O=C(O)C(F)(F)F.O=C(O)C(F)(F)F.O=C(O)C(F)(F)F.c1cc(CN2CC[C@@H]3CN(C4CCOCC4)CCO[C@@H]3C2)ccn1. The van der Waals surface area contributed by atoms with Crippen LogP contribution in [0.2, 0.25) is 0 Å². The number of fused-ring (bicyclic) bond motifs is 1. The Balaban J connectivity index is 0.000000396. The van der Waals surface area contributed by atoms with E-state index in [1.54, 1.807) is 0 Å². The van der Waals surface area contributed by atoms with Crippen molar-refractivity contribution in [2.24, 2.45) is 5.92 Å². The predicted octanol–water partition coefficient (Wildman–Crippen LogP) is 3.68. The molecule has 20 heteroatoms. The van der Waals surface area contributed by atoms with Crippen LogP contribution in [0.3, 0.4) is 0 Å². The highest BCUT2D eigenvalue weighted by Gasteiger charge is 2.39. The van der Waals surface area contributed by atoms with Crippen molar-refractivity contribution in [1.29, 1.82) is 0 Å². The summed E-state index contributed by atoms with van der Waals surface area (Å²) in [4.78, 5) is 36.0. The van der Waals surface area contributed by atoms with Crippen LogP contribution < -0.4 is 0 Å². The average Bonchev–Trinajstić information content (AvgIpc) is 3.16. The number of hydrogen-bond acceptors (Lipinski definition) is 8. The Kier molecular flexibility index (Phi) is 16.0. The molecule has 4 rings (SSSR count). The number of aliphatic carboxylic acids is 3. The van der Waals surface area contributed by atoms with Gasteiger partial charge in [0.15, 0.2) is 0 Å². The summed E-state index contributed by atoms with van der Waals surface area (Å²) in [5.74, 6) is -7.59. The Morgan fingerprint density at radius 1 is 0.756 bits per heavy atom. The molecule has 0 spiro atoms. The van der Waals surface area contributed by atoms with Gasteiger partial charge in [0.2, 0.25) is 0 Å². The van der Waals surface area contributed by atoms with Gasteiger partial charge in [0.05, 0.1) is 12.7 Å². The van der Waals surface area contributed by atoms with Gasteiger partial charge in [-0.3, -0.25) is 14.8 Å². The molecule has 0 radical (unpaired) electrons. The summed E-state index contributed by atoms with van der Waals surface area (Å²) >= 11 is 0. The van der Waals surface area contributed by atoms with Gasteiger partial charge in [-0.2, -0.15) is 39.5 Å². The van der Waals surface area contributed by atoms with Gasteiger partial charge in [0, 0.05) is 63.7 Å². The molecule has 3 fully saturated rings. The standard InChI is InChI=1S/C19H29N3O2.3C2HF3O2/c1-6-20-7-2-16(1)13-21-8-3-17-14-22(9-12-24-19(17)15-21)18-4-10-23-11-5-18;3*3-2(4,5)1(6)7/h1-2,6-7,17-19H,3-5,8-15H2;3*(H,6,7)/t17-,19-;;;/m1.../s1. The van der Waals surface area contributed by atoms with E-state index in [1.165, 1.54) is 37.9 Å². The molecule has 45 heavy (non-hydrogen) atoms. The van der Waals surface area contributed by atoms with Gasteiger partial charge >= 0.3 is 36.4 Å². The molecule has 0 aromatic carbocycles. The molecule has 4 heterocycles. The lowest BCUT2D eigenvalue weighted by Gasteiger charge is -2.39. The molecule has 3 aliphatic heterocycles. The summed E-state index contributed by atoms with van der Waals surface area (Å²) < 4.78 is 107. The molecule has 1 aromatic heterocycles. The normalized spacial score (nSPS) is 21.6. The fraction of sp³-hybridized carbons (Fsp3) is 0.680. The topological polar surface area (TPSA) is 150 Å². The van der Waals surface area contributed by atoms with Gasteiger partial charge in [-0.15, -0.1) is 0 Å². The van der Waals surface area contributed by atoms with E-state index < -0.39 is 36.4 Å². The Bertz CT molecular complexity index is 996. The molecule has 2 atom stereocenters. The third-order valence-corrected chi connectivity index (χ3v) is 6.55. The Morgan fingerprint density at radius 3 is 1.67 bits per heavy atom. The first-order valence-corrected chi connectivity index (χ1v) is 13.2. The van der Waals surface area contributed by atoms with Crippen LogP contribution in [0.15, 0.2) is 24.5 Å². The fourth-order valence-corrected chi connectivity index (χ4v) is 4.41. The quantitative estimate of drug-likeness (QED) is 0.404. The van der Waals surface area contributed by atoms with Gasteiger partial charge in [-0.1, -0.05) is 0 Å². The number of likely N-dealkylation sites (tertiary alicyclic amines) is 1. The van der Waals surface area contributed by atoms with Crippen molar-refractivity contribution in [3.63, 3.8) is 0 Å². The number of aromatic nitrogens is 1. The van der Waals surface area contributed by atoms with E-state index in [9.17, 15) is 39.5 Å². The zero-order valence-electron chi connectivity index (χ0n) is 23.4. The summed E-state index contributed by atoms with van der Waals surface area (Å²) in [7, 11) is 0. The lowest BCUT2D eigenvalue weighted by Crippen LogP contribution is -2.48. The molecule has 0 unspecified atom stereocenters. The number of nitrogens with zero attached hydrogens (tertiary/aromatic N) is 3. The molecule has 3 aliphatic rings.